The zero-order chi connectivity index (χ0) is 14.0. The Morgan fingerprint density at radius 3 is 2.84 bits per heavy atom. The van der Waals surface area contributed by atoms with Gasteiger partial charge in [0, 0.05) is 24.1 Å². The number of nitrogens with one attached hydrogen (secondary N) is 2. The Morgan fingerprint density at radius 2 is 2.16 bits per heavy atom. The summed E-state index contributed by atoms with van der Waals surface area (Å²) >= 11 is 0. The van der Waals surface area contributed by atoms with Crippen molar-refractivity contribution in [3.8, 4) is 0 Å². The third-order valence-electron chi connectivity index (χ3n) is 3.71. The number of hydrogen-bond acceptors (Lipinski definition) is 3. The number of rotatable bonds is 4. The highest BCUT2D eigenvalue weighted by Crippen LogP contribution is 2.35. The van der Waals surface area contributed by atoms with Gasteiger partial charge in [-0.05, 0) is 30.7 Å². The summed E-state index contributed by atoms with van der Waals surface area (Å²) in [7, 11) is 1.89. The lowest BCUT2D eigenvalue weighted by atomic mass is 9.81. The highest BCUT2D eigenvalue weighted by molar-refractivity contribution is 5.93. The van der Waals surface area contributed by atoms with E-state index in [4.69, 9.17) is 0 Å². The molecule has 0 spiro atoms. The van der Waals surface area contributed by atoms with Crippen molar-refractivity contribution in [2.24, 2.45) is 5.41 Å². The number of fused-ring (bicyclic) bond motifs is 1. The van der Waals surface area contributed by atoms with E-state index in [9.17, 15) is 9.90 Å². The van der Waals surface area contributed by atoms with Crippen LogP contribution >= 0.6 is 0 Å². The standard InChI is InChI=1S/C15H22N2O2/c1-15(2,9-16-3)14(19)11-4-6-12-10(8-11)5-7-13(18)17-12/h4,6,8,14,16,19H,5,7,9H2,1-3H3,(H,17,18). The van der Waals surface area contributed by atoms with Gasteiger partial charge in [0.15, 0.2) is 0 Å². The Bertz CT molecular complexity index is 483. The second kappa shape index (κ2) is 5.31. The highest BCUT2D eigenvalue weighted by Gasteiger charge is 2.29. The molecule has 4 heteroatoms. The molecular formula is C15H22N2O2. The summed E-state index contributed by atoms with van der Waals surface area (Å²) in [5, 5.41) is 16.5. The number of anilines is 1. The average Bonchev–Trinajstić information content (AvgIpc) is 2.37. The van der Waals surface area contributed by atoms with Crippen LogP contribution < -0.4 is 10.6 Å². The number of benzene rings is 1. The van der Waals surface area contributed by atoms with E-state index in [2.05, 4.69) is 10.6 Å². The molecule has 1 aliphatic rings. The van der Waals surface area contributed by atoms with Crippen LogP contribution in [0.5, 0.6) is 0 Å². The van der Waals surface area contributed by atoms with Crippen molar-refractivity contribution in [2.45, 2.75) is 32.8 Å². The summed E-state index contributed by atoms with van der Waals surface area (Å²) in [6.45, 7) is 4.81. The largest absolute Gasteiger partial charge is 0.388 e. The van der Waals surface area contributed by atoms with E-state index in [0.717, 1.165) is 29.8 Å². The topological polar surface area (TPSA) is 61.4 Å². The minimum Gasteiger partial charge on any atom is -0.388 e. The van der Waals surface area contributed by atoms with Crippen molar-refractivity contribution in [1.29, 1.82) is 0 Å². The molecule has 1 heterocycles. The molecule has 1 aliphatic heterocycles. The molecule has 1 unspecified atom stereocenters. The second-order valence-electron chi connectivity index (χ2n) is 5.89. The molecule has 3 N–H and O–H groups in total. The molecule has 0 saturated carbocycles. The molecular weight excluding hydrogens is 240 g/mol. The SMILES string of the molecule is CNCC(C)(C)C(O)c1ccc2c(c1)CCC(=O)N2. The quantitative estimate of drug-likeness (QED) is 0.776. The zero-order valence-corrected chi connectivity index (χ0v) is 11.8. The smallest absolute Gasteiger partial charge is 0.224 e. The van der Waals surface area contributed by atoms with Crippen molar-refractivity contribution in [2.75, 3.05) is 18.9 Å². The fourth-order valence-electron chi connectivity index (χ4n) is 2.58. The van der Waals surface area contributed by atoms with Crippen LogP contribution in [0, 0.1) is 5.41 Å². The summed E-state index contributed by atoms with van der Waals surface area (Å²) in [6, 6.07) is 5.80. The molecule has 0 aliphatic carbocycles. The molecule has 0 fully saturated rings. The first-order valence-corrected chi connectivity index (χ1v) is 6.69. The van der Waals surface area contributed by atoms with Gasteiger partial charge in [0.25, 0.3) is 0 Å². The third kappa shape index (κ3) is 2.96. The summed E-state index contributed by atoms with van der Waals surface area (Å²) in [4.78, 5) is 11.3. The number of carbonyl (C=O) groups excluding carboxylic acids is 1. The van der Waals surface area contributed by atoms with Crippen molar-refractivity contribution in [1.82, 2.24) is 5.32 Å². The number of aryl methyl sites for hydroxylation is 1. The lowest BCUT2D eigenvalue weighted by Gasteiger charge is -2.31. The molecule has 0 aromatic heterocycles. The van der Waals surface area contributed by atoms with Gasteiger partial charge in [-0.1, -0.05) is 26.0 Å². The fraction of sp³-hybridized carbons (Fsp3) is 0.533. The molecule has 1 aromatic rings. The van der Waals surface area contributed by atoms with Gasteiger partial charge in [-0.3, -0.25) is 4.79 Å². The second-order valence-corrected chi connectivity index (χ2v) is 5.89. The van der Waals surface area contributed by atoms with Crippen molar-refractivity contribution < 1.29 is 9.90 Å². The average molecular weight is 262 g/mol. The Hall–Kier alpha value is -1.39. The monoisotopic (exact) mass is 262 g/mol. The van der Waals surface area contributed by atoms with E-state index >= 15 is 0 Å². The lowest BCUT2D eigenvalue weighted by molar-refractivity contribution is -0.116. The van der Waals surface area contributed by atoms with E-state index < -0.39 is 6.10 Å². The van der Waals surface area contributed by atoms with Crippen LogP contribution in [0.15, 0.2) is 18.2 Å². The molecule has 104 valence electrons. The normalized spacial score (nSPS) is 16.7. The van der Waals surface area contributed by atoms with Gasteiger partial charge in [0.05, 0.1) is 6.10 Å². The van der Waals surface area contributed by atoms with Gasteiger partial charge in [0.1, 0.15) is 0 Å². The van der Waals surface area contributed by atoms with E-state index in [0.29, 0.717) is 6.42 Å². The zero-order valence-electron chi connectivity index (χ0n) is 11.8. The van der Waals surface area contributed by atoms with E-state index in [-0.39, 0.29) is 11.3 Å². The van der Waals surface area contributed by atoms with Crippen molar-refractivity contribution in [3.63, 3.8) is 0 Å². The molecule has 2 rings (SSSR count). The van der Waals surface area contributed by atoms with Crippen LogP contribution in [0.25, 0.3) is 0 Å². The van der Waals surface area contributed by atoms with Gasteiger partial charge in [-0.15, -0.1) is 0 Å². The number of aliphatic hydroxyl groups is 1. The van der Waals surface area contributed by atoms with Crippen molar-refractivity contribution in [3.05, 3.63) is 29.3 Å². The number of amides is 1. The Morgan fingerprint density at radius 1 is 1.42 bits per heavy atom. The van der Waals surface area contributed by atoms with Crippen LogP contribution in [0.1, 0.15) is 37.5 Å². The van der Waals surface area contributed by atoms with Gasteiger partial charge in [-0.2, -0.15) is 0 Å². The summed E-state index contributed by atoms with van der Waals surface area (Å²) in [5.41, 5.74) is 2.66. The van der Waals surface area contributed by atoms with E-state index in [1.165, 1.54) is 0 Å². The molecule has 0 radical (unpaired) electrons. The van der Waals surface area contributed by atoms with Crippen LogP contribution in [0.4, 0.5) is 5.69 Å². The minimum absolute atomic E-state index is 0.0660. The third-order valence-corrected chi connectivity index (χ3v) is 3.71. The van der Waals surface area contributed by atoms with Gasteiger partial charge in [-0.25, -0.2) is 0 Å². The first-order valence-electron chi connectivity index (χ1n) is 6.69. The Labute approximate surface area is 114 Å². The number of aliphatic hydroxyl groups excluding tert-OH is 1. The van der Waals surface area contributed by atoms with Crippen molar-refractivity contribution >= 4 is 11.6 Å². The summed E-state index contributed by atoms with van der Waals surface area (Å²) < 4.78 is 0. The van der Waals surface area contributed by atoms with Gasteiger partial charge >= 0.3 is 0 Å². The van der Waals surface area contributed by atoms with Crippen LogP contribution in [0.3, 0.4) is 0 Å². The fourth-order valence-corrected chi connectivity index (χ4v) is 2.58. The van der Waals surface area contributed by atoms with E-state index in [1.54, 1.807) is 0 Å². The maximum Gasteiger partial charge on any atom is 0.224 e. The van der Waals surface area contributed by atoms with E-state index in [1.807, 2.05) is 39.1 Å². The maximum atomic E-state index is 11.3. The molecule has 0 bridgehead atoms. The minimum atomic E-state index is -0.525. The van der Waals surface area contributed by atoms with Gasteiger partial charge < -0.3 is 15.7 Å². The molecule has 1 aromatic carbocycles. The molecule has 1 amide bonds. The Kier molecular flexibility index (Phi) is 3.92. The predicted octanol–water partition coefficient (Wildman–Crippen LogP) is 1.85. The summed E-state index contributed by atoms with van der Waals surface area (Å²) in [6.07, 6.45) is 0.739. The highest BCUT2D eigenvalue weighted by atomic mass is 16.3. The summed E-state index contributed by atoms with van der Waals surface area (Å²) in [5.74, 6) is 0.0660. The maximum absolute atomic E-state index is 11.3. The molecule has 4 nitrogen and oxygen atoms in total. The number of hydrogen-bond donors (Lipinski definition) is 3. The number of carbonyl (C=O) groups is 1. The first kappa shape index (κ1) is 14.0. The van der Waals surface area contributed by atoms with Crippen LogP contribution in [-0.4, -0.2) is 24.6 Å². The molecule has 19 heavy (non-hydrogen) atoms. The van der Waals surface area contributed by atoms with Gasteiger partial charge in [0.2, 0.25) is 5.91 Å². The van der Waals surface area contributed by atoms with Crippen LogP contribution in [0.2, 0.25) is 0 Å². The molecule has 1 atom stereocenters. The predicted molar refractivity (Wildman–Crippen MR) is 76.1 cm³/mol. The van der Waals surface area contributed by atoms with Crippen LogP contribution in [-0.2, 0) is 11.2 Å². The Balaban J connectivity index is 2.25. The molecule has 0 saturated heterocycles. The first-order chi connectivity index (χ1) is 8.94. The lowest BCUT2D eigenvalue weighted by Crippen LogP contribution is -2.33.